The van der Waals surface area contributed by atoms with Crippen LogP contribution in [0.5, 0.6) is 0 Å². The fourth-order valence-corrected chi connectivity index (χ4v) is 4.35. The zero-order valence-corrected chi connectivity index (χ0v) is 19.8. The molecule has 0 aliphatic heterocycles. The topological polar surface area (TPSA) is 93.2 Å². The van der Waals surface area contributed by atoms with E-state index in [-0.39, 0.29) is 11.4 Å². The van der Waals surface area contributed by atoms with Crippen LogP contribution < -0.4 is 10.0 Å². The van der Waals surface area contributed by atoms with E-state index in [1.54, 1.807) is 24.3 Å². The van der Waals surface area contributed by atoms with Crippen LogP contribution in [-0.4, -0.2) is 38.6 Å². The average molecular weight is 455 g/mol. The standard InChI is InChI=1S/C24H30N4O3S/c1-17-5-7-20(8-6-17)15-23-18(2)27-19(3)28-24(23)25-16-21-9-11-22(12-10-21)32(29,30)26-13-14-31-4/h5-12,26H,13-16H2,1-4H3,(H,25,27,28). The lowest BCUT2D eigenvalue weighted by molar-refractivity contribution is 0.204. The van der Waals surface area contributed by atoms with Crippen molar-refractivity contribution in [3.8, 4) is 0 Å². The Kier molecular flexibility index (Phi) is 7.95. The lowest BCUT2D eigenvalue weighted by Gasteiger charge is -2.15. The summed E-state index contributed by atoms with van der Waals surface area (Å²) >= 11 is 0. The van der Waals surface area contributed by atoms with Crippen LogP contribution in [0.3, 0.4) is 0 Å². The summed E-state index contributed by atoms with van der Waals surface area (Å²) in [6.45, 7) is 7.03. The predicted molar refractivity (Wildman–Crippen MR) is 126 cm³/mol. The second-order valence-corrected chi connectivity index (χ2v) is 9.50. The molecule has 32 heavy (non-hydrogen) atoms. The molecule has 0 fully saturated rings. The predicted octanol–water partition coefficient (Wildman–Crippen LogP) is 3.53. The van der Waals surface area contributed by atoms with Crippen molar-refractivity contribution >= 4 is 15.8 Å². The van der Waals surface area contributed by atoms with Crippen molar-refractivity contribution in [2.75, 3.05) is 25.6 Å². The second-order valence-electron chi connectivity index (χ2n) is 7.73. The number of aromatic nitrogens is 2. The maximum absolute atomic E-state index is 12.3. The van der Waals surface area contributed by atoms with E-state index in [1.165, 1.54) is 18.2 Å². The molecule has 0 spiro atoms. The maximum atomic E-state index is 12.3. The smallest absolute Gasteiger partial charge is 0.240 e. The summed E-state index contributed by atoms with van der Waals surface area (Å²) in [5.74, 6) is 1.51. The molecule has 0 aliphatic carbocycles. The Labute approximate surface area is 190 Å². The molecule has 3 rings (SSSR count). The van der Waals surface area contributed by atoms with Gasteiger partial charge in [0.2, 0.25) is 10.0 Å². The molecule has 0 atom stereocenters. The van der Waals surface area contributed by atoms with E-state index in [0.717, 1.165) is 29.1 Å². The van der Waals surface area contributed by atoms with E-state index in [2.05, 4.69) is 51.2 Å². The first-order valence-corrected chi connectivity index (χ1v) is 12.0. The Hall–Kier alpha value is -2.81. The van der Waals surface area contributed by atoms with Gasteiger partial charge in [-0.3, -0.25) is 0 Å². The SMILES string of the molecule is COCCNS(=O)(=O)c1ccc(CNc2nc(C)nc(C)c2Cc2ccc(C)cc2)cc1. The van der Waals surface area contributed by atoms with Crippen LogP contribution in [0.15, 0.2) is 53.4 Å². The molecule has 3 aromatic rings. The normalized spacial score (nSPS) is 11.5. The van der Waals surface area contributed by atoms with Crippen LogP contribution in [0, 0.1) is 20.8 Å². The van der Waals surface area contributed by atoms with Crippen LogP contribution in [-0.2, 0) is 27.7 Å². The van der Waals surface area contributed by atoms with Gasteiger partial charge in [-0.15, -0.1) is 0 Å². The van der Waals surface area contributed by atoms with Gasteiger partial charge in [0.15, 0.2) is 0 Å². The average Bonchev–Trinajstić information content (AvgIpc) is 2.76. The second kappa shape index (κ2) is 10.7. The molecule has 0 radical (unpaired) electrons. The number of hydrogen-bond acceptors (Lipinski definition) is 6. The van der Waals surface area contributed by atoms with Gasteiger partial charge in [0.1, 0.15) is 11.6 Å². The largest absolute Gasteiger partial charge is 0.383 e. The highest BCUT2D eigenvalue weighted by Crippen LogP contribution is 2.22. The molecule has 0 unspecified atom stereocenters. The molecule has 2 N–H and O–H groups in total. The molecule has 0 aliphatic rings. The number of aryl methyl sites for hydroxylation is 3. The van der Waals surface area contributed by atoms with E-state index in [4.69, 9.17) is 4.74 Å². The van der Waals surface area contributed by atoms with Gasteiger partial charge in [-0.2, -0.15) is 0 Å². The van der Waals surface area contributed by atoms with Crippen molar-refractivity contribution in [1.29, 1.82) is 0 Å². The quantitative estimate of drug-likeness (QED) is 0.455. The van der Waals surface area contributed by atoms with Crippen molar-refractivity contribution in [2.45, 2.75) is 38.6 Å². The number of ether oxygens (including phenoxy) is 1. The van der Waals surface area contributed by atoms with E-state index < -0.39 is 10.0 Å². The summed E-state index contributed by atoms with van der Waals surface area (Å²) in [4.78, 5) is 9.39. The Morgan fingerprint density at radius 1 is 0.906 bits per heavy atom. The molecule has 0 bridgehead atoms. The fourth-order valence-electron chi connectivity index (χ4n) is 3.34. The van der Waals surface area contributed by atoms with Gasteiger partial charge in [0.05, 0.1) is 11.5 Å². The molecule has 1 heterocycles. The van der Waals surface area contributed by atoms with Crippen molar-refractivity contribution in [1.82, 2.24) is 14.7 Å². The summed E-state index contributed by atoms with van der Waals surface area (Å²) in [7, 11) is -2.01. The van der Waals surface area contributed by atoms with Gasteiger partial charge in [-0.05, 0) is 44.0 Å². The molecular weight excluding hydrogens is 424 g/mol. The first kappa shape index (κ1) is 23.8. The Morgan fingerprint density at radius 3 is 2.22 bits per heavy atom. The third kappa shape index (κ3) is 6.35. The van der Waals surface area contributed by atoms with Gasteiger partial charge in [-0.25, -0.2) is 23.1 Å². The van der Waals surface area contributed by atoms with Gasteiger partial charge in [0, 0.05) is 37.9 Å². The Bertz CT molecular complexity index is 1150. The summed E-state index contributed by atoms with van der Waals surface area (Å²) in [6, 6.07) is 15.3. The molecule has 8 heteroatoms. The number of anilines is 1. The minimum Gasteiger partial charge on any atom is -0.383 e. The van der Waals surface area contributed by atoms with E-state index >= 15 is 0 Å². The minimum atomic E-state index is -3.54. The third-order valence-corrected chi connectivity index (χ3v) is 6.60. The van der Waals surface area contributed by atoms with Crippen LogP contribution >= 0.6 is 0 Å². The number of nitrogens with one attached hydrogen (secondary N) is 2. The summed E-state index contributed by atoms with van der Waals surface area (Å²) in [5, 5.41) is 3.41. The maximum Gasteiger partial charge on any atom is 0.240 e. The van der Waals surface area contributed by atoms with E-state index in [0.29, 0.717) is 19.0 Å². The van der Waals surface area contributed by atoms with Crippen LogP contribution in [0.25, 0.3) is 0 Å². The van der Waals surface area contributed by atoms with E-state index in [1.807, 2.05) is 13.8 Å². The summed E-state index contributed by atoms with van der Waals surface area (Å²) in [6.07, 6.45) is 0.735. The zero-order chi connectivity index (χ0) is 23.1. The lowest BCUT2D eigenvalue weighted by Crippen LogP contribution is -2.27. The first-order chi connectivity index (χ1) is 15.3. The monoisotopic (exact) mass is 454 g/mol. The summed E-state index contributed by atoms with van der Waals surface area (Å²) in [5.41, 5.74) is 5.38. The Morgan fingerprint density at radius 2 is 1.56 bits per heavy atom. The molecule has 7 nitrogen and oxygen atoms in total. The highest BCUT2D eigenvalue weighted by molar-refractivity contribution is 7.89. The third-order valence-electron chi connectivity index (χ3n) is 5.12. The molecule has 170 valence electrons. The number of nitrogens with zero attached hydrogens (tertiary/aromatic N) is 2. The van der Waals surface area contributed by atoms with Crippen LogP contribution in [0.1, 0.15) is 33.8 Å². The van der Waals surface area contributed by atoms with Crippen LogP contribution in [0.4, 0.5) is 5.82 Å². The van der Waals surface area contributed by atoms with Gasteiger partial charge < -0.3 is 10.1 Å². The number of hydrogen-bond donors (Lipinski definition) is 2. The summed E-state index contributed by atoms with van der Waals surface area (Å²) < 4.78 is 32.0. The number of methoxy groups -OCH3 is 1. The minimum absolute atomic E-state index is 0.228. The van der Waals surface area contributed by atoms with Crippen LogP contribution in [0.2, 0.25) is 0 Å². The van der Waals surface area contributed by atoms with Gasteiger partial charge >= 0.3 is 0 Å². The molecule has 0 amide bonds. The lowest BCUT2D eigenvalue weighted by atomic mass is 10.0. The van der Waals surface area contributed by atoms with Crippen molar-refractivity contribution < 1.29 is 13.2 Å². The molecule has 2 aromatic carbocycles. The fraction of sp³-hybridized carbons (Fsp3) is 0.333. The first-order valence-electron chi connectivity index (χ1n) is 10.5. The molecular formula is C24H30N4O3S. The van der Waals surface area contributed by atoms with Gasteiger partial charge in [0.25, 0.3) is 0 Å². The number of rotatable bonds is 10. The van der Waals surface area contributed by atoms with Crippen molar-refractivity contribution in [3.05, 3.63) is 82.3 Å². The number of sulfonamides is 1. The molecule has 0 saturated carbocycles. The Balaban J connectivity index is 1.73. The van der Waals surface area contributed by atoms with Crippen molar-refractivity contribution in [3.63, 3.8) is 0 Å². The molecule has 1 aromatic heterocycles. The highest BCUT2D eigenvalue weighted by Gasteiger charge is 2.14. The van der Waals surface area contributed by atoms with Gasteiger partial charge in [-0.1, -0.05) is 42.0 Å². The number of benzene rings is 2. The van der Waals surface area contributed by atoms with Crippen molar-refractivity contribution in [2.24, 2.45) is 0 Å². The van der Waals surface area contributed by atoms with E-state index in [9.17, 15) is 8.42 Å². The zero-order valence-electron chi connectivity index (χ0n) is 19.0. The molecule has 0 saturated heterocycles. The highest BCUT2D eigenvalue weighted by atomic mass is 32.2.